The summed E-state index contributed by atoms with van der Waals surface area (Å²) in [6.45, 7) is 6.10. The van der Waals surface area contributed by atoms with Crippen molar-refractivity contribution in [1.82, 2.24) is 5.32 Å². The second kappa shape index (κ2) is 8.94. The van der Waals surface area contributed by atoms with Crippen LogP contribution in [-0.4, -0.2) is 30.4 Å². The molecule has 2 N–H and O–H groups in total. The minimum absolute atomic E-state index is 0.150. The molecule has 0 bridgehead atoms. The highest BCUT2D eigenvalue weighted by Crippen LogP contribution is 2.14. The summed E-state index contributed by atoms with van der Waals surface area (Å²) >= 11 is 0. The number of para-hydroxylation sites is 1. The zero-order valence-corrected chi connectivity index (χ0v) is 12.2. The van der Waals surface area contributed by atoms with Gasteiger partial charge in [0.2, 0.25) is 0 Å². The second-order valence-electron chi connectivity index (χ2n) is 5.26. The summed E-state index contributed by atoms with van der Waals surface area (Å²) < 4.78 is 5.65. The van der Waals surface area contributed by atoms with Crippen LogP contribution in [0.3, 0.4) is 0 Å². The standard InChI is InChI=1S/C16H27NO2/c1-3-12-17-16(2,14-18)11-7-8-13-19-15-9-5-4-6-10-15/h4-6,9-10,17-18H,3,7-8,11-14H2,1-2H3. The van der Waals surface area contributed by atoms with Crippen LogP contribution < -0.4 is 10.1 Å². The van der Waals surface area contributed by atoms with Gasteiger partial charge >= 0.3 is 0 Å². The fourth-order valence-electron chi connectivity index (χ4n) is 1.97. The lowest BCUT2D eigenvalue weighted by atomic mass is 9.95. The van der Waals surface area contributed by atoms with Crippen molar-refractivity contribution in [3.8, 4) is 5.75 Å². The van der Waals surface area contributed by atoms with E-state index in [0.717, 1.165) is 44.6 Å². The molecule has 1 unspecified atom stereocenters. The highest BCUT2D eigenvalue weighted by atomic mass is 16.5. The lowest BCUT2D eigenvalue weighted by Crippen LogP contribution is -2.46. The van der Waals surface area contributed by atoms with Gasteiger partial charge in [-0.05, 0) is 51.3 Å². The molecule has 0 radical (unpaired) electrons. The average molecular weight is 265 g/mol. The number of ether oxygens (including phenoxy) is 1. The number of unbranched alkanes of at least 4 members (excludes halogenated alkanes) is 1. The molecular weight excluding hydrogens is 238 g/mol. The quantitative estimate of drug-likeness (QED) is 0.639. The molecule has 108 valence electrons. The first-order valence-corrected chi connectivity index (χ1v) is 7.24. The molecule has 0 fully saturated rings. The second-order valence-corrected chi connectivity index (χ2v) is 5.26. The zero-order valence-electron chi connectivity index (χ0n) is 12.2. The third-order valence-electron chi connectivity index (χ3n) is 3.29. The minimum atomic E-state index is -0.150. The number of aliphatic hydroxyl groups excluding tert-OH is 1. The van der Waals surface area contributed by atoms with E-state index in [4.69, 9.17) is 4.74 Å². The fraction of sp³-hybridized carbons (Fsp3) is 0.625. The molecule has 19 heavy (non-hydrogen) atoms. The summed E-state index contributed by atoms with van der Waals surface area (Å²) in [6, 6.07) is 9.89. The summed E-state index contributed by atoms with van der Waals surface area (Å²) in [6.07, 6.45) is 4.13. The van der Waals surface area contributed by atoms with Crippen LogP contribution in [0, 0.1) is 0 Å². The molecule has 0 saturated carbocycles. The van der Waals surface area contributed by atoms with Gasteiger partial charge in [0.15, 0.2) is 0 Å². The SMILES string of the molecule is CCCNC(C)(CO)CCCCOc1ccccc1. The van der Waals surface area contributed by atoms with E-state index in [1.165, 1.54) is 0 Å². The van der Waals surface area contributed by atoms with Gasteiger partial charge < -0.3 is 15.2 Å². The number of benzene rings is 1. The van der Waals surface area contributed by atoms with Gasteiger partial charge in [0.1, 0.15) is 5.75 Å². The Bertz CT molecular complexity index is 329. The maximum absolute atomic E-state index is 9.45. The molecule has 0 saturated heterocycles. The number of nitrogens with one attached hydrogen (secondary N) is 1. The van der Waals surface area contributed by atoms with E-state index in [-0.39, 0.29) is 12.1 Å². The third kappa shape index (κ3) is 6.60. The van der Waals surface area contributed by atoms with E-state index in [1.54, 1.807) is 0 Å². The minimum Gasteiger partial charge on any atom is -0.494 e. The van der Waals surface area contributed by atoms with Gasteiger partial charge in [-0.3, -0.25) is 0 Å². The van der Waals surface area contributed by atoms with Gasteiger partial charge in [-0.2, -0.15) is 0 Å². The Morgan fingerprint density at radius 1 is 1.21 bits per heavy atom. The fourth-order valence-corrected chi connectivity index (χ4v) is 1.97. The maximum atomic E-state index is 9.45. The first kappa shape index (κ1) is 16.0. The monoisotopic (exact) mass is 265 g/mol. The van der Waals surface area contributed by atoms with Crippen molar-refractivity contribution < 1.29 is 9.84 Å². The van der Waals surface area contributed by atoms with E-state index in [2.05, 4.69) is 19.2 Å². The van der Waals surface area contributed by atoms with Gasteiger partial charge in [0.05, 0.1) is 13.2 Å². The van der Waals surface area contributed by atoms with Crippen LogP contribution in [0.5, 0.6) is 5.75 Å². The Kier molecular flexibility index (Phi) is 7.53. The van der Waals surface area contributed by atoms with Crippen LogP contribution in [0.2, 0.25) is 0 Å². The van der Waals surface area contributed by atoms with Crippen molar-refractivity contribution in [1.29, 1.82) is 0 Å². The number of aliphatic hydroxyl groups is 1. The lowest BCUT2D eigenvalue weighted by Gasteiger charge is -2.28. The largest absolute Gasteiger partial charge is 0.494 e. The number of rotatable bonds is 10. The van der Waals surface area contributed by atoms with Crippen molar-refractivity contribution in [2.45, 2.75) is 45.1 Å². The molecule has 3 heteroatoms. The molecule has 1 aromatic carbocycles. The Labute approximate surface area is 117 Å². The highest BCUT2D eigenvalue weighted by molar-refractivity contribution is 5.20. The number of hydrogen-bond acceptors (Lipinski definition) is 3. The molecule has 0 aliphatic rings. The zero-order chi connectivity index (χ0) is 14.0. The van der Waals surface area contributed by atoms with Gasteiger partial charge in [-0.25, -0.2) is 0 Å². The van der Waals surface area contributed by atoms with E-state index in [9.17, 15) is 5.11 Å². The van der Waals surface area contributed by atoms with Crippen LogP contribution in [0.4, 0.5) is 0 Å². The Morgan fingerprint density at radius 3 is 2.58 bits per heavy atom. The summed E-state index contributed by atoms with van der Waals surface area (Å²) in [7, 11) is 0. The molecule has 0 aromatic heterocycles. The van der Waals surface area contributed by atoms with Crippen molar-refractivity contribution >= 4 is 0 Å². The van der Waals surface area contributed by atoms with Crippen molar-refractivity contribution in [2.24, 2.45) is 0 Å². The molecule has 3 nitrogen and oxygen atoms in total. The Hall–Kier alpha value is -1.06. The smallest absolute Gasteiger partial charge is 0.119 e. The van der Waals surface area contributed by atoms with Crippen LogP contribution >= 0.6 is 0 Å². The van der Waals surface area contributed by atoms with E-state index >= 15 is 0 Å². The lowest BCUT2D eigenvalue weighted by molar-refractivity contribution is 0.160. The summed E-state index contributed by atoms with van der Waals surface area (Å²) in [5.41, 5.74) is -0.150. The van der Waals surface area contributed by atoms with E-state index in [0.29, 0.717) is 0 Å². The molecule has 1 atom stereocenters. The average Bonchev–Trinajstić information content (AvgIpc) is 2.46. The number of hydrogen-bond donors (Lipinski definition) is 2. The normalized spacial score (nSPS) is 14.1. The third-order valence-corrected chi connectivity index (χ3v) is 3.29. The van der Waals surface area contributed by atoms with Crippen LogP contribution in [0.1, 0.15) is 39.5 Å². The van der Waals surface area contributed by atoms with Crippen LogP contribution in [0.15, 0.2) is 30.3 Å². The molecule has 0 aliphatic carbocycles. The molecule has 0 spiro atoms. The van der Waals surface area contributed by atoms with Crippen molar-refractivity contribution in [2.75, 3.05) is 19.8 Å². The summed E-state index contributed by atoms with van der Waals surface area (Å²) in [4.78, 5) is 0. The predicted molar refractivity (Wildman–Crippen MR) is 79.6 cm³/mol. The molecule has 1 aromatic rings. The van der Waals surface area contributed by atoms with Crippen LogP contribution in [-0.2, 0) is 0 Å². The van der Waals surface area contributed by atoms with Crippen LogP contribution in [0.25, 0.3) is 0 Å². The summed E-state index contributed by atoms with van der Waals surface area (Å²) in [5, 5.41) is 12.9. The topological polar surface area (TPSA) is 41.5 Å². The molecule has 0 aliphatic heterocycles. The molecule has 0 heterocycles. The predicted octanol–water partition coefficient (Wildman–Crippen LogP) is 2.99. The van der Waals surface area contributed by atoms with E-state index < -0.39 is 0 Å². The highest BCUT2D eigenvalue weighted by Gasteiger charge is 2.21. The van der Waals surface area contributed by atoms with Gasteiger partial charge in [0.25, 0.3) is 0 Å². The Balaban J connectivity index is 2.15. The summed E-state index contributed by atoms with van der Waals surface area (Å²) in [5.74, 6) is 0.927. The van der Waals surface area contributed by atoms with Gasteiger partial charge in [-0.1, -0.05) is 25.1 Å². The maximum Gasteiger partial charge on any atom is 0.119 e. The Morgan fingerprint density at radius 2 is 1.95 bits per heavy atom. The van der Waals surface area contributed by atoms with Crippen molar-refractivity contribution in [3.05, 3.63) is 30.3 Å². The first-order chi connectivity index (χ1) is 9.20. The van der Waals surface area contributed by atoms with Gasteiger partial charge in [0, 0.05) is 5.54 Å². The van der Waals surface area contributed by atoms with Gasteiger partial charge in [-0.15, -0.1) is 0 Å². The molecule has 1 rings (SSSR count). The molecular formula is C16H27NO2. The molecule has 0 amide bonds. The first-order valence-electron chi connectivity index (χ1n) is 7.24. The van der Waals surface area contributed by atoms with Crippen molar-refractivity contribution in [3.63, 3.8) is 0 Å². The van der Waals surface area contributed by atoms with E-state index in [1.807, 2.05) is 30.3 Å².